The maximum Gasteiger partial charge on any atom is 0.418 e. The predicted molar refractivity (Wildman–Crippen MR) is 136 cm³/mol. The lowest BCUT2D eigenvalue weighted by Gasteiger charge is -2.26. The molecule has 0 aliphatic carbocycles. The second kappa shape index (κ2) is 11.7. The molecule has 1 fully saturated rings. The second-order valence-corrected chi connectivity index (χ2v) is 10.8. The van der Waals surface area contributed by atoms with Gasteiger partial charge in [0.1, 0.15) is 0 Å². The predicted octanol–water partition coefficient (Wildman–Crippen LogP) is 4.92. The van der Waals surface area contributed by atoms with E-state index in [2.05, 4.69) is 5.32 Å². The van der Waals surface area contributed by atoms with E-state index in [4.69, 9.17) is 21.1 Å². The molecule has 1 saturated heterocycles. The minimum Gasteiger partial charge on any atom is -0.444 e. The van der Waals surface area contributed by atoms with Gasteiger partial charge in [0.15, 0.2) is 0 Å². The number of ether oxygens (including phenoxy) is 2. The summed E-state index contributed by atoms with van der Waals surface area (Å²) in [5.41, 5.74) is -1.59. The van der Waals surface area contributed by atoms with E-state index in [0.717, 1.165) is 6.07 Å². The van der Waals surface area contributed by atoms with Crippen LogP contribution in [0.15, 0.2) is 77.7 Å². The molecule has 3 aromatic rings. The van der Waals surface area contributed by atoms with Crippen LogP contribution in [0.1, 0.15) is 27.6 Å². The van der Waals surface area contributed by atoms with Gasteiger partial charge in [-0.2, -0.15) is 17.5 Å². The van der Waals surface area contributed by atoms with Crippen molar-refractivity contribution in [2.75, 3.05) is 31.6 Å². The summed E-state index contributed by atoms with van der Waals surface area (Å²) < 4.78 is 78.1. The van der Waals surface area contributed by atoms with Crippen LogP contribution in [0.5, 0.6) is 0 Å². The largest absolute Gasteiger partial charge is 0.444 e. The molecule has 1 amide bonds. The highest BCUT2D eigenvalue weighted by molar-refractivity contribution is 7.89. The third-order valence-electron chi connectivity index (χ3n) is 5.81. The molecule has 0 radical (unpaired) electrons. The van der Waals surface area contributed by atoms with Crippen LogP contribution in [0.3, 0.4) is 0 Å². The average Bonchev–Trinajstić information content (AvgIpc) is 2.93. The molecule has 0 saturated carbocycles. The molecule has 0 spiro atoms. The van der Waals surface area contributed by atoms with Crippen LogP contribution in [-0.2, 0) is 30.5 Å². The molecule has 0 aromatic heterocycles. The Labute approximate surface area is 227 Å². The maximum absolute atomic E-state index is 13.5. The monoisotopic (exact) mass is 582 g/mol. The molecule has 8 nitrogen and oxygen atoms in total. The van der Waals surface area contributed by atoms with Crippen molar-refractivity contribution in [2.45, 2.75) is 17.2 Å². The summed E-state index contributed by atoms with van der Waals surface area (Å²) in [6.45, 7) is 0.938. The number of anilines is 1. The fraction of sp³-hybridized carbons (Fsp3) is 0.231. The Morgan fingerprint density at radius 1 is 0.974 bits per heavy atom. The summed E-state index contributed by atoms with van der Waals surface area (Å²) in [7, 11) is -3.80. The normalized spacial score (nSPS) is 15.4. The van der Waals surface area contributed by atoms with Crippen LogP contribution in [0, 0.1) is 0 Å². The van der Waals surface area contributed by atoms with Gasteiger partial charge in [0.25, 0.3) is 5.91 Å². The summed E-state index contributed by atoms with van der Waals surface area (Å²) in [4.78, 5) is 26.0. The van der Waals surface area contributed by atoms with Crippen molar-refractivity contribution in [3.8, 4) is 0 Å². The summed E-state index contributed by atoms with van der Waals surface area (Å²) in [6.07, 6.45) is -6.43. The third kappa shape index (κ3) is 6.77. The summed E-state index contributed by atoms with van der Waals surface area (Å²) in [6, 6.07) is 15.5. The Morgan fingerprint density at radius 3 is 2.23 bits per heavy atom. The fourth-order valence-electron chi connectivity index (χ4n) is 3.83. The number of nitrogens with one attached hydrogen (secondary N) is 1. The summed E-state index contributed by atoms with van der Waals surface area (Å²) in [5, 5.41) is 2.00. The van der Waals surface area contributed by atoms with Crippen molar-refractivity contribution in [3.05, 3.63) is 94.5 Å². The molecule has 1 heterocycles. The molecule has 13 heteroatoms. The molecular formula is C26H22ClF3N2O6S. The van der Waals surface area contributed by atoms with Crippen molar-refractivity contribution < 1.29 is 40.7 Å². The molecule has 4 rings (SSSR count). The minimum absolute atomic E-state index is 0.0410. The highest BCUT2D eigenvalue weighted by Crippen LogP contribution is 2.37. The topological polar surface area (TPSA) is 102 Å². The first-order valence-electron chi connectivity index (χ1n) is 11.6. The molecule has 39 heavy (non-hydrogen) atoms. The van der Waals surface area contributed by atoms with Crippen molar-refractivity contribution in [2.24, 2.45) is 0 Å². The zero-order valence-electron chi connectivity index (χ0n) is 20.2. The van der Waals surface area contributed by atoms with Crippen LogP contribution in [-0.4, -0.2) is 50.9 Å². The van der Waals surface area contributed by atoms with Gasteiger partial charge < -0.3 is 14.8 Å². The highest BCUT2D eigenvalue weighted by atomic mass is 35.5. The number of hydrogen-bond donors (Lipinski definition) is 1. The smallest absolute Gasteiger partial charge is 0.418 e. The molecule has 206 valence electrons. The van der Waals surface area contributed by atoms with Gasteiger partial charge in [-0.1, -0.05) is 41.9 Å². The Bertz CT molecular complexity index is 1440. The van der Waals surface area contributed by atoms with Crippen LogP contribution >= 0.6 is 11.6 Å². The number of nitrogens with zero attached hydrogens (tertiary/aromatic N) is 1. The van der Waals surface area contributed by atoms with Crippen molar-refractivity contribution >= 4 is 39.2 Å². The number of carbonyl (C=O) groups excluding carboxylic acids is 2. The number of amides is 1. The van der Waals surface area contributed by atoms with E-state index in [1.807, 2.05) is 0 Å². The zero-order valence-corrected chi connectivity index (χ0v) is 21.7. The van der Waals surface area contributed by atoms with Gasteiger partial charge in [-0.15, -0.1) is 0 Å². The molecule has 1 aliphatic rings. The van der Waals surface area contributed by atoms with Crippen LogP contribution in [0.4, 0.5) is 18.9 Å². The Kier molecular flexibility index (Phi) is 8.60. The second-order valence-electron chi connectivity index (χ2n) is 8.41. The van der Waals surface area contributed by atoms with E-state index in [1.54, 1.807) is 18.2 Å². The quantitative estimate of drug-likeness (QED) is 0.397. The third-order valence-corrected chi connectivity index (χ3v) is 7.96. The first-order valence-corrected chi connectivity index (χ1v) is 13.4. The lowest BCUT2D eigenvalue weighted by molar-refractivity contribution is -0.137. The number of hydrogen-bond acceptors (Lipinski definition) is 6. The van der Waals surface area contributed by atoms with Gasteiger partial charge in [0.05, 0.1) is 34.9 Å². The van der Waals surface area contributed by atoms with Crippen LogP contribution < -0.4 is 5.32 Å². The average molecular weight is 583 g/mol. The first-order chi connectivity index (χ1) is 18.5. The number of carbonyl (C=O) groups is 2. The van der Waals surface area contributed by atoms with Crippen molar-refractivity contribution in [1.29, 1.82) is 0 Å². The summed E-state index contributed by atoms with van der Waals surface area (Å²) in [5.74, 6) is -2.02. The standard InChI is InChI=1S/C26H22ClF3N2O6S/c27-19-8-11-22(21(16-19)26(28,29)30)31-24(33)23(17-4-2-1-3-5-17)38-25(34)18-6-9-20(10-7-18)39(35,36)32-12-14-37-15-13-32/h1-11,16,23H,12-15H2,(H,31,33)/t23-/m1/s1. The van der Waals surface area contributed by atoms with Gasteiger partial charge in [-0.3, -0.25) is 4.79 Å². The number of morpholine rings is 1. The molecule has 0 unspecified atom stereocenters. The number of sulfonamides is 1. The molecule has 0 bridgehead atoms. The number of alkyl halides is 3. The van der Waals surface area contributed by atoms with Gasteiger partial charge in [-0.05, 0) is 42.5 Å². The molecule has 1 N–H and O–H groups in total. The van der Waals surface area contributed by atoms with Gasteiger partial charge in [-0.25, -0.2) is 13.2 Å². The van der Waals surface area contributed by atoms with Crippen LogP contribution in [0.2, 0.25) is 5.02 Å². The van der Waals surface area contributed by atoms with E-state index < -0.39 is 45.4 Å². The minimum atomic E-state index is -4.81. The molecule has 1 atom stereocenters. The SMILES string of the molecule is O=C(O[C@@H](C(=O)Nc1ccc(Cl)cc1C(F)(F)F)c1ccccc1)c1ccc(S(=O)(=O)N2CCOCC2)cc1. The number of benzene rings is 3. The van der Waals surface area contributed by atoms with E-state index in [1.165, 1.54) is 46.8 Å². The van der Waals surface area contributed by atoms with E-state index in [9.17, 15) is 31.2 Å². The van der Waals surface area contributed by atoms with Gasteiger partial charge in [0, 0.05) is 23.7 Å². The zero-order chi connectivity index (χ0) is 28.2. The lowest BCUT2D eigenvalue weighted by Crippen LogP contribution is -2.40. The fourth-order valence-corrected chi connectivity index (χ4v) is 5.41. The number of esters is 1. The molecule has 3 aromatic carbocycles. The molecule has 1 aliphatic heterocycles. The van der Waals surface area contributed by atoms with E-state index in [0.29, 0.717) is 6.07 Å². The Balaban J connectivity index is 1.56. The van der Waals surface area contributed by atoms with Crippen molar-refractivity contribution in [1.82, 2.24) is 4.31 Å². The highest BCUT2D eigenvalue weighted by Gasteiger charge is 2.35. The molecular weight excluding hydrogens is 561 g/mol. The first kappa shape index (κ1) is 28.6. The lowest BCUT2D eigenvalue weighted by atomic mass is 10.1. The van der Waals surface area contributed by atoms with Crippen molar-refractivity contribution in [3.63, 3.8) is 0 Å². The van der Waals surface area contributed by atoms with Gasteiger partial charge in [0.2, 0.25) is 16.1 Å². The Morgan fingerprint density at radius 2 is 1.62 bits per heavy atom. The van der Waals surface area contributed by atoms with Crippen LogP contribution in [0.25, 0.3) is 0 Å². The van der Waals surface area contributed by atoms with Gasteiger partial charge >= 0.3 is 12.1 Å². The Hall–Kier alpha value is -3.45. The van der Waals surface area contributed by atoms with E-state index >= 15 is 0 Å². The number of rotatable bonds is 7. The van der Waals surface area contributed by atoms with E-state index in [-0.39, 0.29) is 47.3 Å². The summed E-state index contributed by atoms with van der Waals surface area (Å²) >= 11 is 5.71. The maximum atomic E-state index is 13.5. The number of halogens is 4.